The number of carbonyl (C=O) groups is 1. The third-order valence-corrected chi connectivity index (χ3v) is 5.70. The third-order valence-electron chi connectivity index (χ3n) is 4.05. The summed E-state index contributed by atoms with van der Waals surface area (Å²) in [5.41, 5.74) is 1.41. The van der Waals surface area contributed by atoms with Gasteiger partial charge in [-0.2, -0.15) is 0 Å². The number of thiophene rings is 1. The van der Waals surface area contributed by atoms with Crippen LogP contribution in [0.4, 0.5) is 5.13 Å². The topological polar surface area (TPSA) is 97.0 Å². The first-order valence-electron chi connectivity index (χ1n) is 8.64. The summed E-state index contributed by atoms with van der Waals surface area (Å²) in [7, 11) is 1.60. The second-order valence-electron chi connectivity index (χ2n) is 6.07. The van der Waals surface area contributed by atoms with Crippen molar-refractivity contribution >= 4 is 33.7 Å². The highest BCUT2D eigenvalue weighted by Gasteiger charge is 2.14. The maximum atomic E-state index is 12.6. The number of benzene rings is 1. The molecule has 1 aromatic carbocycles. The Kier molecular flexibility index (Phi) is 5.50. The molecule has 0 spiro atoms. The molecule has 0 bridgehead atoms. The lowest BCUT2D eigenvalue weighted by molar-refractivity contribution is 0.102. The predicted molar refractivity (Wildman–Crippen MR) is 114 cm³/mol. The summed E-state index contributed by atoms with van der Waals surface area (Å²) in [6, 6.07) is 12.5. The Morgan fingerprint density at radius 3 is 2.72 bits per heavy atom. The Bertz CT molecular complexity index is 1180. The molecule has 29 heavy (non-hydrogen) atoms. The molecule has 3 aromatic heterocycles. The van der Waals surface area contributed by atoms with Crippen LogP contribution in [-0.4, -0.2) is 28.0 Å². The van der Waals surface area contributed by atoms with E-state index in [-0.39, 0.29) is 11.3 Å². The summed E-state index contributed by atoms with van der Waals surface area (Å²) in [5, 5.41) is 7.02. The number of ether oxygens (including phenoxy) is 1. The number of nitrogens with one attached hydrogen (secondary N) is 2. The molecule has 0 atom stereocenters. The zero-order valence-corrected chi connectivity index (χ0v) is 17.0. The number of hydrogen-bond acceptors (Lipinski definition) is 7. The van der Waals surface area contributed by atoms with Crippen LogP contribution in [0.2, 0.25) is 0 Å². The SMILES string of the molecule is COc1ccc(Cc2nc(C(=O)Nc3nc(-c4cccs4)cs3)cc(=O)[nH]2)cc1. The van der Waals surface area contributed by atoms with Gasteiger partial charge in [-0.3, -0.25) is 14.9 Å². The molecule has 9 heteroatoms. The first kappa shape index (κ1) is 19.0. The molecule has 4 rings (SSSR count). The van der Waals surface area contributed by atoms with E-state index in [4.69, 9.17) is 4.74 Å². The first-order valence-corrected chi connectivity index (χ1v) is 10.4. The Morgan fingerprint density at radius 2 is 2.00 bits per heavy atom. The molecular formula is C20H16N4O3S2. The van der Waals surface area contributed by atoms with E-state index < -0.39 is 5.91 Å². The number of H-pyrrole nitrogens is 1. The standard InChI is InChI=1S/C20H16N4O3S2/c1-27-13-6-4-12(5-7-13)9-17-21-14(10-18(25)23-17)19(26)24-20-22-15(11-29-20)16-3-2-8-28-16/h2-8,10-11H,9H2,1H3,(H,21,23,25)(H,22,24,26). The number of nitrogens with zero attached hydrogens (tertiary/aromatic N) is 2. The molecule has 0 unspecified atom stereocenters. The molecule has 2 N–H and O–H groups in total. The summed E-state index contributed by atoms with van der Waals surface area (Å²) in [6.45, 7) is 0. The predicted octanol–water partition coefficient (Wildman–Crippen LogP) is 3.81. The summed E-state index contributed by atoms with van der Waals surface area (Å²) in [4.78, 5) is 37.0. The number of hydrogen-bond donors (Lipinski definition) is 2. The molecular weight excluding hydrogens is 408 g/mol. The number of aromatic amines is 1. The normalized spacial score (nSPS) is 10.7. The number of thiazole rings is 1. The lowest BCUT2D eigenvalue weighted by Crippen LogP contribution is -2.20. The number of carbonyl (C=O) groups excluding carboxylic acids is 1. The van der Waals surface area contributed by atoms with Gasteiger partial charge < -0.3 is 9.72 Å². The fraction of sp³-hybridized carbons (Fsp3) is 0.100. The summed E-state index contributed by atoms with van der Waals surface area (Å²) in [5.74, 6) is 0.680. The molecule has 7 nitrogen and oxygen atoms in total. The van der Waals surface area contributed by atoms with Gasteiger partial charge in [0.1, 0.15) is 17.3 Å². The van der Waals surface area contributed by atoms with Gasteiger partial charge in [-0.15, -0.1) is 22.7 Å². The molecule has 0 saturated carbocycles. The van der Waals surface area contributed by atoms with Gasteiger partial charge in [-0.25, -0.2) is 9.97 Å². The highest BCUT2D eigenvalue weighted by atomic mass is 32.1. The molecule has 0 saturated heterocycles. The molecule has 0 aliphatic heterocycles. The second kappa shape index (κ2) is 8.38. The van der Waals surface area contributed by atoms with Gasteiger partial charge in [-0.1, -0.05) is 18.2 Å². The van der Waals surface area contributed by atoms with Crippen molar-refractivity contribution < 1.29 is 9.53 Å². The van der Waals surface area contributed by atoms with E-state index in [1.807, 2.05) is 47.2 Å². The van der Waals surface area contributed by atoms with Gasteiger partial charge in [0.15, 0.2) is 5.13 Å². The minimum atomic E-state index is -0.473. The quantitative estimate of drug-likeness (QED) is 0.491. The van der Waals surface area contributed by atoms with Crippen LogP contribution < -0.4 is 15.6 Å². The van der Waals surface area contributed by atoms with E-state index in [0.717, 1.165) is 21.9 Å². The molecule has 3 heterocycles. The van der Waals surface area contributed by atoms with Crippen molar-refractivity contribution in [3.8, 4) is 16.3 Å². The van der Waals surface area contributed by atoms with Crippen LogP contribution in [0.15, 0.2) is 58.0 Å². The average Bonchev–Trinajstić information content (AvgIpc) is 3.40. The summed E-state index contributed by atoms with van der Waals surface area (Å²) >= 11 is 2.90. The van der Waals surface area contributed by atoms with Gasteiger partial charge in [0, 0.05) is 17.9 Å². The number of methoxy groups -OCH3 is 1. The molecule has 0 aliphatic carbocycles. The Hall–Kier alpha value is -3.30. The highest BCUT2D eigenvalue weighted by molar-refractivity contribution is 7.16. The van der Waals surface area contributed by atoms with Gasteiger partial charge in [-0.05, 0) is 29.1 Å². The van der Waals surface area contributed by atoms with E-state index in [9.17, 15) is 9.59 Å². The average molecular weight is 425 g/mol. The Morgan fingerprint density at radius 1 is 1.17 bits per heavy atom. The van der Waals surface area contributed by atoms with Crippen molar-refractivity contribution in [3.05, 3.63) is 80.7 Å². The van der Waals surface area contributed by atoms with Gasteiger partial charge in [0.2, 0.25) is 0 Å². The molecule has 146 valence electrons. The van der Waals surface area contributed by atoms with Crippen molar-refractivity contribution in [3.63, 3.8) is 0 Å². The van der Waals surface area contributed by atoms with Crippen molar-refractivity contribution in [2.45, 2.75) is 6.42 Å². The number of aromatic nitrogens is 3. The fourth-order valence-corrected chi connectivity index (χ4v) is 4.14. The van der Waals surface area contributed by atoms with E-state index >= 15 is 0 Å². The van der Waals surface area contributed by atoms with Crippen LogP contribution in [0, 0.1) is 0 Å². The molecule has 4 aromatic rings. The van der Waals surface area contributed by atoms with Gasteiger partial charge in [0.25, 0.3) is 11.5 Å². The zero-order valence-electron chi connectivity index (χ0n) is 15.3. The van der Waals surface area contributed by atoms with Crippen LogP contribution in [0.25, 0.3) is 10.6 Å². The number of rotatable bonds is 6. The molecule has 1 amide bonds. The summed E-state index contributed by atoms with van der Waals surface area (Å²) in [6.07, 6.45) is 0.389. The minimum absolute atomic E-state index is 0.0464. The Labute approximate surface area is 174 Å². The van der Waals surface area contributed by atoms with Crippen molar-refractivity contribution in [2.24, 2.45) is 0 Å². The van der Waals surface area contributed by atoms with E-state index in [1.165, 1.54) is 17.4 Å². The van der Waals surface area contributed by atoms with Crippen molar-refractivity contribution in [1.82, 2.24) is 15.0 Å². The number of anilines is 1. The van der Waals surface area contributed by atoms with Crippen LogP contribution in [0.5, 0.6) is 5.75 Å². The van der Waals surface area contributed by atoms with Crippen LogP contribution >= 0.6 is 22.7 Å². The monoisotopic (exact) mass is 424 g/mol. The van der Waals surface area contributed by atoms with E-state index in [2.05, 4.69) is 20.3 Å². The zero-order chi connectivity index (χ0) is 20.2. The highest BCUT2D eigenvalue weighted by Crippen LogP contribution is 2.28. The second-order valence-corrected chi connectivity index (χ2v) is 7.88. The maximum absolute atomic E-state index is 12.6. The summed E-state index contributed by atoms with van der Waals surface area (Å²) < 4.78 is 5.14. The van der Waals surface area contributed by atoms with Crippen molar-refractivity contribution in [1.29, 1.82) is 0 Å². The molecule has 0 aliphatic rings. The smallest absolute Gasteiger partial charge is 0.276 e. The van der Waals surface area contributed by atoms with Crippen LogP contribution in [0.1, 0.15) is 21.9 Å². The first-order chi connectivity index (χ1) is 14.1. The van der Waals surface area contributed by atoms with Gasteiger partial charge in [0.05, 0.1) is 17.7 Å². The number of amides is 1. The Balaban J connectivity index is 1.50. The van der Waals surface area contributed by atoms with Gasteiger partial charge >= 0.3 is 0 Å². The largest absolute Gasteiger partial charge is 0.497 e. The lowest BCUT2D eigenvalue weighted by atomic mass is 10.1. The molecule has 0 radical (unpaired) electrons. The van der Waals surface area contributed by atoms with Crippen molar-refractivity contribution in [2.75, 3.05) is 12.4 Å². The van der Waals surface area contributed by atoms with E-state index in [1.54, 1.807) is 18.4 Å². The lowest BCUT2D eigenvalue weighted by Gasteiger charge is -2.05. The molecule has 0 fully saturated rings. The van der Waals surface area contributed by atoms with E-state index in [0.29, 0.717) is 17.4 Å². The van der Waals surface area contributed by atoms with Crippen LogP contribution in [0.3, 0.4) is 0 Å². The third kappa shape index (κ3) is 4.58. The minimum Gasteiger partial charge on any atom is -0.497 e. The fourth-order valence-electron chi connectivity index (χ4n) is 2.67. The van der Waals surface area contributed by atoms with Crippen LogP contribution in [-0.2, 0) is 6.42 Å². The maximum Gasteiger partial charge on any atom is 0.276 e.